The first-order valence-corrected chi connectivity index (χ1v) is 6.73. The van der Waals surface area contributed by atoms with E-state index in [0.29, 0.717) is 5.52 Å². The highest BCUT2D eigenvalue weighted by molar-refractivity contribution is 7.89. The summed E-state index contributed by atoms with van der Waals surface area (Å²) in [6, 6.07) is 4.25. The average Bonchev–Trinajstić information content (AvgIpc) is 2.62. The quantitative estimate of drug-likeness (QED) is 0.812. The molecule has 1 heterocycles. The number of aromatic nitrogens is 1. The van der Waals surface area contributed by atoms with Crippen molar-refractivity contribution < 1.29 is 12.8 Å². The minimum Gasteiger partial charge on any atom is -0.408 e. The summed E-state index contributed by atoms with van der Waals surface area (Å²) in [7, 11) is -2.07. The Morgan fingerprint density at radius 1 is 1.42 bits per heavy atom. The first-order chi connectivity index (χ1) is 8.45. The predicted molar refractivity (Wildman–Crippen MR) is 72.9 cm³/mol. The highest BCUT2D eigenvalue weighted by atomic mass is 35.5. The Labute approximate surface area is 115 Å². The molecule has 0 aliphatic carbocycles. The SMILES string of the molecule is Cl.Cn1c(=O)oc2cc(S(=O)(=O)NCCN)ccc21. The molecule has 0 radical (unpaired) electrons. The molecule has 0 fully saturated rings. The van der Waals surface area contributed by atoms with E-state index in [9.17, 15) is 13.2 Å². The van der Waals surface area contributed by atoms with E-state index in [1.807, 2.05) is 0 Å². The lowest BCUT2D eigenvalue weighted by Gasteiger charge is -2.04. The van der Waals surface area contributed by atoms with Crippen molar-refractivity contribution in [1.29, 1.82) is 0 Å². The standard InChI is InChI=1S/C10H13N3O4S.ClH/c1-13-8-3-2-7(6-9(8)17-10(13)14)18(15,16)12-5-4-11;/h2-3,6,12H,4-5,11H2,1H3;1H. The number of fused-ring (bicyclic) bond motifs is 1. The molecule has 2 rings (SSSR count). The maximum Gasteiger partial charge on any atom is 0.419 e. The van der Waals surface area contributed by atoms with Crippen LogP contribution in [0.4, 0.5) is 0 Å². The van der Waals surface area contributed by atoms with E-state index in [0.717, 1.165) is 0 Å². The molecule has 0 saturated carbocycles. The third-order valence-corrected chi connectivity index (χ3v) is 3.97. The summed E-state index contributed by atoms with van der Waals surface area (Å²) < 4.78 is 32.2. The highest BCUT2D eigenvalue weighted by Crippen LogP contribution is 2.17. The Balaban J connectivity index is 0.00000180. The van der Waals surface area contributed by atoms with Crippen LogP contribution in [0.1, 0.15) is 0 Å². The van der Waals surface area contributed by atoms with Gasteiger partial charge in [0, 0.05) is 26.2 Å². The summed E-state index contributed by atoms with van der Waals surface area (Å²) in [5, 5.41) is 0. The largest absolute Gasteiger partial charge is 0.419 e. The molecule has 1 aromatic heterocycles. The van der Waals surface area contributed by atoms with Crippen molar-refractivity contribution in [2.75, 3.05) is 13.1 Å². The number of halogens is 1. The van der Waals surface area contributed by atoms with Gasteiger partial charge in [0.05, 0.1) is 10.4 Å². The van der Waals surface area contributed by atoms with Crippen molar-refractivity contribution in [1.82, 2.24) is 9.29 Å². The number of nitrogens with one attached hydrogen (secondary N) is 1. The number of benzene rings is 1. The second kappa shape index (κ2) is 5.74. The van der Waals surface area contributed by atoms with Gasteiger partial charge in [0.25, 0.3) is 0 Å². The van der Waals surface area contributed by atoms with E-state index in [2.05, 4.69) is 4.72 Å². The van der Waals surface area contributed by atoms with Gasteiger partial charge < -0.3 is 10.2 Å². The molecule has 0 amide bonds. The Hall–Kier alpha value is -1.35. The van der Waals surface area contributed by atoms with Crippen molar-refractivity contribution >= 4 is 33.5 Å². The van der Waals surface area contributed by atoms with Crippen molar-refractivity contribution in [3.8, 4) is 0 Å². The second-order valence-corrected chi connectivity index (χ2v) is 5.51. The zero-order valence-corrected chi connectivity index (χ0v) is 11.8. The summed E-state index contributed by atoms with van der Waals surface area (Å²) in [5.74, 6) is -0.533. The number of hydrogen-bond donors (Lipinski definition) is 2. The van der Waals surface area contributed by atoms with Crippen LogP contribution in [0.25, 0.3) is 11.1 Å². The van der Waals surface area contributed by atoms with Gasteiger partial charge in [0.1, 0.15) is 0 Å². The van der Waals surface area contributed by atoms with E-state index in [1.165, 1.54) is 22.8 Å². The first kappa shape index (κ1) is 15.7. The Kier molecular flexibility index (Phi) is 4.75. The van der Waals surface area contributed by atoms with Gasteiger partial charge in [-0.05, 0) is 12.1 Å². The number of oxazole rings is 1. The molecule has 1 aromatic carbocycles. The van der Waals surface area contributed by atoms with Crippen molar-refractivity contribution in [3.05, 3.63) is 28.7 Å². The van der Waals surface area contributed by atoms with Crippen molar-refractivity contribution in [2.24, 2.45) is 12.8 Å². The van der Waals surface area contributed by atoms with Crippen molar-refractivity contribution in [2.45, 2.75) is 4.90 Å². The Bertz CT molecular complexity index is 735. The summed E-state index contributed by atoms with van der Waals surface area (Å²) in [6.07, 6.45) is 0. The van der Waals surface area contributed by atoms with E-state index < -0.39 is 15.8 Å². The summed E-state index contributed by atoms with van der Waals surface area (Å²) in [4.78, 5) is 11.3. The van der Waals surface area contributed by atoms with Crippen molar-refractivity contribution in [3.63, 3.8) is 0 Å². The number of nitrogens with zero attached hydrogens (tertiary/aromatic N) is 1. The molecular formula is C10H14ClN3O4S. The number of sulfonamides is 1. The average molecular weight is 308 g/mol. The number of rotatable bonds is 4. The van der Waals surface area contributed by atoms with E-state index in [-0.39, 0.29) is 36.0 Å². The molecule has 0 bridgehead atoms. The van der Waals surface area contributed by atoms with Gasteiger partial charge in [-0.25, -0.2) is 17.9 Å². The van der Waals surface area contributed by atoms with Crippen LogP contribution in [-0.2, 0) is 17.1 Å². The maximum atomic E-state index is 11.8. The van der Waals surface area contributed by atoms with Crippen LogP contribution in [0.5, 0.6) is 0 Å². The fourth-order valence-corrected chi connectivity index (χ4v) is 2.62. The van der Waals surface area contributed by atoms with E-state index in [4.69, 9.17) is 10.2 Å². The minimum absolute atomic E-state index is 0. The van der Waals surface area contributed by atoms with Gasteiger partial charge in [-0.1, -0.05) is 0 Å². The molecule has 0 unspecified atom stereocenters. The normalized spacial score (nSPS) is 11.5. The van der Waals surface area contributed by atoms with Crippen LogP contribution >= 0.6 is 12.4 Å². The zero-order chi connectivity index (χ0) is 13.3. The molecule has 19 heavy (non-hydrogen) atoms. The fraction of sp³-hybridized carbons (Fsp3) is 0.300. The second-order valence-electron chi connectivity index (χ2n) is 3.74. The van der Waals surface area contributed by atoms with Crippen LogP contribution < -0.4 is 16.2 Å². The molecule has 0 spiro atoms. The van der Waals surface area contributed by atoms with Gasteiger partial charge in [-0.15, -0.1) is 12.4 Å². The predicted octanol–water partition coefficient (Wildman–Crippen LogP) is -0.210. The van der Waals surface area contributed by atoms with Gasteiger partial charge in [-0.3, -0.25) is 4.57 Å². The molecule has 0 saturated heterocycles. The molecule has 106 valence electrons. The fourth-order valence-electron chi connectivity index (χ4n) is 1.56. The minimum atomic E-state index is -3.62. The van der Waals surface area contributed by atoms with Gasteiger partial charge in [0.2, 0.25) is 10.0 Å². The smallest absolute Gasteiger partial charge is 0.408 e. The Morgan fingerprint density at radius 3 is 2.74 bits per heavy atom. The highest BCUT2D eigenvalue weighted by Gasteiger charge is 2.15. The molecule has 7 nitrogen and oxygen atoms in total. The molecule has 3 N–H and O–H groups in total. The lowest BCUT2D eigenvalue weighted by molar-refractivity contribution is 0.527. The number of nitrogens with two attached hydrogens (primary N) is 1. The van der Waals surface area contributed by atoms with Gasteiger partial charge in [-0.2, -0.15) is 0 Å². The van der Waals surface area contributed by atoms with Crippen LogP contribution in [-0.4, -0.2) is 26.1 Å². The summed E-state index contributed by atoms with van der Waals surface area (Å²) in [6.45, 7) is 0.362. The Morgan fingerprint density at radius 2 is 2.11 bits per heavy atom. The maximum absolute atomic E-state index is 11.8. The van der Waals surface area contributed by atoms with Crippen LogP contribution in [0.15, 0.2) is 32.3 Å². The first-order valence-electron chi connectivity index (χ1n) is 5.25. The van der Waals surface area contributed by atoms with Crippen LogP contribution in [0.3, 0.4) is 0 Å². The topological polar surface area (TPSA) is 107 Å². The molecule has 0 aliphatic heterocycles. The molecular weight excluding hydrogens is 294 g/mol. The summed E-state index contributed by atoms with van der Waals surface area (Å²) >= 11 is 0. The molecule has 9 heteroatoms. The lowest BCUT2D eigenvalue weighted by atomic mass is 10.3. The number of hydrogen-bond acceptors (Lipinski definition) is 5. The van der Waals surface area contributed by atoms with Gasteiger partial charge in [0.15, 0.2) is 5.58 Å². The van der Waals surface area contributed by atoms with Gasteiger partial charge >= 0.3 is 5.76 Å². The third-order valence-electron chi connectivity index (χ3n) is 2.51. The van der Waals surface area contributed by atoms with Crippen LogP contribution in [0, 0.1) is 0 Å². The van der Waals surface area contributed by atoms with E-state index >= 15 is 0 Å². The molecule has 2 aromatic rings. The number of aryl methyl sites for hydroxylation is 1. The lowest BCUT2D eigenvalue weighted by Crippen LogP contribution is -2.29. The summed E-state index contributed by atoms with van der Waals surface area (Å²) in [5.41, 5.74) is 6.01. The third kappa shape index (κ3) is 2.98. The molecule has 0 atom stereocenters. The van der Waals surface area contributed by atoms with E-state index in [1.54, 1.807) is 7.05 Å². The zero-order valence-electron chi connectivity index (χ0n) is 10.1. The molecule has 0 aliphatic rings. The van der Waals surface area contributed by atoms with Crippen LogP contribution in [0.2, 0.25) is 0 Å². The monoisotopic (exact) mass is 307 g/mol.